The number of hydrogen-bond acceptors (Lipinski definition) is 3. The summed E-state index contributed by atoms with van der Waals surface area (Å²) < 4.78 is 15.4. The second-order valence-corrected chi connectivity index (χ2v) is 6.48. The fourth-order valence-electron chi connectivity index (χ4n) is 3.51. The standard InChI is InChI=1S/C20H19FN4O/c21-17-5-3-4-16(12-17)19-6-1-2-11-25(19)20(26)15-7-9-18(10-8-15)24-13-22-23-14-24/h3-5,7-10,12-14,19H,1-2,6,11H2/t19-/m0/s1. The van der Waals surface area contributed by atoms with E-state index < -0.39 is 0 Å². The molecule has 1 atom stereocenters. The Morgan fingerprint density at radius 1 is 1.04 bits per heavy atom. The van der Waals surface area contributed by atoms with Gasteiger partial charge in [-0.25, -0.2) is 4.39 Å². The average molecular weight is 350 g/mol. The molecule has 0 spiro atoms. The number of benzene rings is 2. The van der Waals surface area contributed by atoms with E-state index in [1.807, 2.05) is 35.2 Å². The molecule has 1 saturated heterocycles. The van der Waals surface area contributed by atoms with Crippen molar-refractivity contribution < 1.29 is 9.18 Å². The molecule has 1 amide bonds. The van der Waals surface area contributed by atoms with Crippen molar-refractivity contribution in [2.45, 2.75) is 25.3 Å². The predicted octanol–water partition coefficient (Wildman–Crippen LogP) is 3.77. The van der Waals surface area contributed by atoms with Gasteiger partial charge in [-0.2, -0.15) is 0 Å². The summed E-state index contributed by atoms with van der Waals surface area (Å²) in [4.78, 5) is 14.9. The lowest BCUT2D eigenvalue weighted by Crippen LogP contribution is -2.38. The monoisotopic (exact) mass is 350 g/mol. The molecule has 2 heterocycles. The molecule has 6 heteroatoms. The third-order valence-corrected chi connectivity index (χ3v) is 4.83. The molecule has 2 aromatic carbocycles. The zero-order valence-corrected chi connectivity index (χ0v) is 14.3. The van der Waals surface area contributed by atoms with E-state index in [2.05, 4.69) is 10.2 Å². The molecular weight excluding hydrogens is 331 g/mol. The first-order valence-electron chi connectivity index (χ1n) is 8.74. The normalized spacial score (nSPS) is 17.3. The van der Waals surface area contributed by atoms with Crippen LogP contribution in [0.2, 0.25) is 0 Å². The van der Waals surface area contributed by atoms with Crippen LogP contribution in [-0.2, 0) is 0 Å². The third kappa shape index (κ3) is 3.22. The fourth-order valence-corrected chi connectivity index (χ4v) is 3.51. The molecule has 0 bridgehead atoms. The molecule has 0 saturated carbocycles. The number of amides is 1. The highest BCUT2D eigenvalue weighted by Crippen LogP contribution is 2.32. The van der Waals surface area contributed by atoms with Crippen molar-refractivity contribution >= 4 is 5.91 Å². The number of carbonyl (C=O) groups is 1. The number of hydrogen-bond donors (Lipinski definition) is 0. The van der Waals surface area contributed by atoms with Gasteiger partial charge in [0.2, 0.25) is 0 Å². The van der Waals surface area contributed by atoms with E-state index in [4.69, 9.17) is 0 Å². The lowest BCUT2D eigenvalue weighted by molar-refractivity contribution is 0.0611. The van der Waals surface area contributed by atoms with E-state index in [0.29, 0.717) is 12.1 Å². The van der Waals surface area contributed by atoms with Crippen LogP contribution < -0.4 is 0 Å². The van der Waals surface area contributed by atoms with E-state index in [1.165, 1.54) is 12.1 Å². The minimum Gasteiger partial charge on any atom is -0.332 e. The van der Waals surface area contributed by atoms with Crippen LogP contribution in [0.5, 0.6) is 0 Å². The third-order valence-electron chi connectivity index (χ3n) is 4.83. The Morgan fingerprint density at radius 2 is 1.81 bits per heavy atom. The van der Waals surface area contributed by atoms with Crippen LogP contribution in [0, 0.1) is 5.82 Å². The Labute approximate surface area is 151 Å². The molecule has 132 valence electrons. The van der Waals surface area contributed by atoms with E-state index >= 15 is 0 Å². The molecule has 0 N–H and O–H groups in total. The number of rotatable bonds is 3. The highest BCUT2D eigenvalue weighted by atomic mass is 19.1. The molecule has 3 aromatic rings. The minimum absolute atomic E-state index is 0.0192. The lowest BCUT2D eigenvalue weighted by atomic mass is 9.94. The summed E-state index contributed by atoms with van der Waals surface area (Å²) in [6.07, 6.45) is 6.09. The summed E-state index contributed by atoms with van der Waals surface area (Å²) in [5.41, 5.74) is 2.39. The molecule has 0 unspecified atom stereocenters. The van der Waals surface area contributed by atoms with Gasteiger partial charge < -0.3 is 4.90 Å². The van der Waals surface area contributed by atoms with Gasteiger partial charge in [0.25, 0.3) is 5.91 Å². The van der Waals surface area contributed by atoms with Gasteiger partial charge in [0.1, 0.15) is 18.5 Å². The van der Waals surface area contributed by atoms with Gasteiger partial charge in [-0.1, -0.05) is 12.1 Å². The lowest BCUT2D eigenvalue weighted by Gasteiger charge is -2.36. The van der Waals surface area contributed by atoms with Gasteiger partial charge in [-0.15, -0.1) is 10.2 Å². The smallest absolute Gasteiger partial charge is 0.254 e. The first-order chi connectivity index (χ1) is 12.7. The molecule has 26 heavy (non-hydrogen) atoms. The van der Waals surface area contributed by atoms with Crippen LogP contribution in [0.15, 0.2) is 61.2 Å². The molecule has 1 aliphatic heterocycles. The molecule has 0 aliphatic carbocycles. The molecule has 1 aromatic heterocycles. The highest BCUT2D eigenvalue weighted by molar-refractivity contribution is 5.94. The SMILES string of the molecule is O=C(c1ccc(-n2cnnc2)cc1)N1CCCC[C@H]1c1cccc(F)c1. The van der Waals surface area contributed by atoms with Gasteiger partial charge in [-0.05, 0) is 61.2 Å². The number of piperidine rings is 1. The van der Waals surface area contributed by atoms with E-state index in [-0.39, 0.29) is 17.8 Å². The van der Waals surface area contributed by atoms with Crippen LogP contribution in [-0.4, -0.2) is 32.1 Å². The maximum atomic E-state index is 13.6. The Balaban J connectivity index is 1.59. The van der Waals surface area contributed by atoms with E-state index in [0.717, 1.165) is 30.5 Å². The Hall–Kier alpha value is -3.02. The zero-order valence-electron chi connectivity index (χ0n) is 14.3. The largest absolute Gasteiger partial charge is 0.332 e. The van der Waals surface area contributed by atoms with Gasteiger partial charge in [0.15, 0.2) is 0 Å². The topological polar surface area (TPSA) is 51.0 Å². The summed E-state index contributed by atoms with van der Waals surface area (Å²) in [7, 11) is 0. The first-order valence-corrected chi connectivity index (χ1v) is 8.74. The van der Waals surface area contributed by atoms with Crippen molar-refractivity contribution in [2.75, 3.05) is 6.54 Å². The van der Waals surface area contributed by atoms with Crippen LogP contribution in [0.4, 0.5) is 4.39 Å². The average Bonchev–Trinajstić information content (AvgIpc) is 3.22. The Kier molecular flexibility index (Phi) is 4.48. The van der Waals surface area contributed by atoms with Crippen LogP contribution in [0.1, 0.15) is 41.2 Å². The number of likely N-dealkylation sites (tertiary alicyclic amines) is 1. The van der Waals surface area contributed by atoms with E-state index in [1.54, 1.807) is 23.3 Å². The number of carbonyl (C=O) groups excluding carboxylic acids is 1. The van der Waals surface area contributed by atoms with E-state index in [9.17, 15) is 9.18 Å². The number of halogens is 1. The summed E-state index contributed by atoms with van der Waals surface area (Å²) in [6, 6.07) is 13.9. The second-order valence-electron chi connectivity index (χ2n) is 6.48. The molecule has 1 fully saturated rings. The molecule has 5 nitrogen and oxygen atoms in total. The molecule has 0 radical (unpaired) electrons. The number of aromatic nitrogens is 3. The Bertz CT molecular complexity index is 892. The first kappa shape index (κ1) is 16.4. The van der Waals surface area contributed by atoms with Crippen molar-refractivity contribution in [3.63, 3.8) is 0 Å². The fraction of sp³-hybridized carbons (Fsp3) is 0.250. The van der Waals surface area contributed by atoms with Crippen molar-refractivity contribution in [3.05, 3.63) is 78.1 Å². The maximum Gasteiger partial charge on any atom is 0.254 e. The molecule has 1 aliphatic rings. The highest BCUT2D eigenvalue weighted by Gasteiger charge is 2.28. The number of nitrogens with zero attached hydrogens (tertiary/aromatic N) is 4. The second kappa shape index (κ2) is 7.07. The maximum absolute atomic E-state index is 13.6. The van der Waals surface area contributed by atoms with Crippen LogP contribution in [0.3, 0.4) is 0 Å². The van der Waals surface area contributed by atoms with Crippen molar-refractivity contribution in [3.8, 4) is 5.69 Å². The van der Waals surface area contributed by atoms with Crippen LogP contribution >= 0.6 is 0 Å². The van der Waals surface area contributed by atoms with Gasteiger partial charge in [0, 0.05) is 17.8 Å². The van der Waals surface area contributed by atoms with Gasteiger partial charge >= 0.3 is 0 Å². The molecular formula is C20H19FN4O. The van der Waals surface area contributed by atoms with Gasteiger partial charge in [-0.3, -0.25) is 9.36 Å². The molecule has 4 rings (SSSR count). The van der Waals surface area contributed by atoms with Crippen molar-refractivity contribution in [2.24, 2.45) is 0 Å². The quantitative estimate of drug-likeness (QED) is 0.722. The zero-order chi connectivity index (χ0) is 17.9. The van der Waals surface area contributed by atoms with Gasteiger partial charge in [0.05, 0.1) is 6.04 Å². The summed E-state index contributed by atoms with van der Waals surface area (Å²) >= 11 is 0. The van der Waals surface area contributed by atoms with Crippen molar-refractivity contribution in [1.29, 1.82) is 0 Å². The predicted molar refractivity (Wildman–Crippen MR) is 95.4 cm³/mol. The van der Waals surface area contributed by atoms with Crippen molar-refractivity contribution in [1.82, 2.24) is 19.7 Å². The summed E-state index contributed by atoms with van der Waals surface area (Å²) in [5.74, 6) is -0.284. The summed E-state index contributed by atoms with van der Waals surface area (Å²) in [5, 5.41) is 7.57. The Morgan fingerprint density at radius 3 is 2.54 bits per heavy atom. The minimum atomic E-state index is -0.265. The summed E-state index contributed by atoms with van der Waals surface area (Å²) in [6.45, 7) is 0.688. The van der Waals surface area contributed by atoms with Crippen LogP contribution in [0.25, 0.3) is 5.69 Å².